The molecule has 0 unspecified atom stereocenters. The Morgan fingerprint density at radius 1 is 1.06 bits per heavy atom. The number of carbonyl (C=O) groups is 2. The molecule has 0 heterocycles. The van der Waals surface area contributed by atoms with Gasteiger partial charge in [0.25, 0.3) is 0 Å². The topological polar surface area (TPSA) is 84.9 Å². The molecule has 7 heteroatoms. The normalized spacial score (nSPS) is 12.4. The number of rotatable bonds is 8. The molecular formula is C26H24FNO5. The van der Waals surface area contributed by atoms with Crippen molar-refractivity contribution in [3.8, 4) is 16.9 Å². The zero-order chi connectivity index (χ0) is 23.4. The van der Waals surface area contributed by atoms with Gasteiger partial charge in [0.1, 0.15) is 24.2 Å². The van der Waals surface area contributed by atoms with Gasteiger partial charge in [0.15, 0.2) is 0 Å². The van der Waals surface area contributed by atoms with Crippen molar-refractivity contribution in [3.05, 3.63) is 88.7 Å². The fraction of sp³-hybridized carbons (Fsp3) is 0.231. The Morgan fingerprint density at radius 2 is 1.85 bits per heavy atom. The SMILES string of the molecule is Cc1cc(F)ccc1OCC[C@H](NC(=O)OCc1ccc2c(c1)Cc1ccccc1-2)C(=O)O. The number of carboxylic acids is 1. The molecule has 3 aromatic carbocycles. The van der Waals surface area contributed by atoms with E-state index in [0.29, 0.717) is 11.3 Å². The molecule has 1 atom stereocenters. The van der Waals surface area contributed by atoms with Gasteiger partial charge in [-0.2, -0.15) is 0 Å². The van der Waals surface area contributed by atoms with Gasteiger partial charge in [-0.25, -0.2) is 14.0 Å². The molecule has 0 spiro atoms. The molecule has 1 amide bonds. The van der Waals surface area contributed by atoms with Gasteiger partial charge in [0.05, 0.1) is 6.61 Å². The van der Waals surface area contributed by atoms with E-state index in [-0.39, 0.29) is 25.5 Å². The van der Waals surface area contributed by atoms with Crippen molar-refractivity contribution in [2.75, 3.05) is 6.61 Å². The Hall–Kier alpha value is -3.87. The highest BCUT2D eigenvalue weighted by Gasteiger charge is 2.22. The van der Waals surface area contributed by atoms with Crippen molar-refractivity contribution in [2.24, 2.45) is 0 Å². The van der Waals surface area contributed by atoms with Crippen molar-refractivity contribution >= 4 is 12.1 Å². The van der Waals surface area contributed by atoms with Gasteiger partial charge in [0, 0.05) is 6.42 Å². The molecule has 0 bridgehead atoms. The van der Waals surface area contributed by atoms with Gasteiger partial charge >= 0.3 is 12.1 Å². The van der Waals surface area contributed by atoms with Crippen LogP contribution in [0.1, 0.15) is 28.7 Å². The highest BCUT2D eigenvalue weighted by molar-refractivity contribution is 5.80. The summed E-state index contributed by atoms with van der Waals surface area (Å²) in [5.41, 5.74) is 6.28. The summed E-state index contributed by atoms with van der Waals surface area (Å²) in [4.78, 5) is 23.7. The molecule has 0 aliphatic heterocycles. The number of ether oxygens (including phenoxy) is 2. The number of hydrogen-bond acceptors (Lipinski definition) is 4. The van der Waals surface area contributed by atoms with E-state index in [1.165, 1.54) is 40.5 Å². The molecule has 4 rings (SSSR count). The van der Waals surface area contributed by atoms with Crippen molar-refractivity contribution in [1.82, 2.24) is 5.32 Å². The van der Waals surface area contributed by atoms with Crippen molar-refractivity contribution in [1.29, 1.82) is 0 Å². The number of fused-ring (bicyclic) bond motifs is 3. The number of nitrogens with one attached hydrogen (secondary N) is 1. The van der Waals surface area contributed by atoms with Crippen LogP contribution in [0.2, 0.25) is 0 Å². The van der Waals surface area contributed by atoms with Gasteiger partial charge in [-0.3, -0.25) is 0 Å². The standard InChI is InChI=1S/C26H24FNO5/c1-16-12-20(27)7-9-24(16)32-11-10-23(25(29)30)28-26(31)33-15-17-6-8-22-19(13-17)14-18-4-2-3-5-21(18)22/h2-9,12-13,23H,10-11,14-15H2,1H3,(H,28,31)(H,29,30)/t23-/m0/s1. The molecule has 33 heavy (non-hydrogen) atoms. The summed E-state index contributed by atoms with van der Waals surface area (Å²) < 4.78 is 24.0. The van der Waals surface area contributed by atoms with Crippen molar-refractivity contribution in [2.45, 2.75) is 32.4 Å². The zero-order valence-corrected chi connectivity index (χ0v) is 18.1. The van der Waals surface area contributed by atoms with Gasteiger partial charge in [-0.05, 0) is 64.9 Å². The first-order chi connectivity index (χ1) is 15.9. The Kier molecular flexibility index (Phi) is 6.58. The zero-order valence-electron chi connectivity index (χ0n) is 18.1. The van der Waals surface area contributed by atoms with E-state index in [9.17, 15) is 19.1 Å². The summed E-state index contributed by atoms with van der Waals surface area (Å²) in [7, 11) is 0. The fourth-order valence-electron chi connectivity index (χ4n) is 3.94. The van der Waals surface area contributed by atoms with E-state index in [0.717, 1.165) is 12.0 Å². The van der Waals surface area contributed by atoms with Crippen LogP contribution in [0.25, 0.3) is 11.1 Å². The summed E-state index contributed by atoms with van der Waals surface area (Å²) in [6, 6.07) is 17.1. The molecule has 0 aromatic heterocycles. The first-order valence-corrected chi connectivity index (χ1v) is 10.7. The van der Waals surface area contributed by atoms with Gasteiger partial charge in [-0.15, -0.1) is 0 Å². The first-order valence-electron chi connectivity index (χ1n) is 10.7. The number of aryl methyl sites for hydroxylation is 1. The van der Waals surface area contributed by atoms with Crippen LogP contribution in [0.4, 0.5) is 9.18 Å². The Morgan fingerprint density at radius 3 is 2.64 bits per heavy atom. The summed E-state index contributed by atoms with van der Waals surface area (Å²) >= 11 is 0. The molecule has 0 saturated carbocycles. The van der Waals surface area contributed by atoms with Crippen LogP contribution in [-0.4, -0.2) is 29.8 Å². The second-order valence-electron chi connectivity index (χ2n) is 7.98. The number of carbonyl (C=O) groups excluding carboxylic acids is 1. The number of benzene rings is 3. The minimum Gasteiger partial charge on any atom is -0.493 e. The van der Waals surface area contributed by atoms with E-state index < -0.39 is 18.1 Å². The summed E-state index contributed by atoms with van der Waals surface area (Å²) in [5, 5.41) is 11.8. The van der Waals surface area contributed by atoms with Gasteiger partial charge < -0.3 is 19.9 Å². The van der Waals surface area contributed by atoms with E-state index in [1.54, 1.807) is 6.92 Å². The predicted molar refractivity (Wildman–Crippen MR) is 121 cm³/mol. The number of alkyl carbamates (subject to hydrolysis) is 1. The number of hydrogen-bond donors (Lipinski definition) is 2. The lowest BCUT2D eigenvalue weighted by atomic mass is 10.0. The van der Waals surface area contributed by atoms with Crippen LogP contribution in [-0.2, 0) is 22.6 Å². The third-order valence-corrected chi connectivity index (χ3v) is 5.62. The highest BCUT2D eigenvalue weighted by atomic mass is 19.1. The second kappa shape index (κ2) is 9.73. The predicted octanol–water partition coefficient (Wildman–Crippen LogP) is 4.85. The van der Waals surface area contributed by atoms with Crippen LogP contribution in [0.3, 0.4) is 0 Å². The van der Waals surface area contributed by atoms with Gasteiger partial charge in [0.2, 0.25) is 0 Å². The molecule has 0 radical (unpaired) electrons. The third-order valence-electron chi connectivity index (χ3n) is 5.62. The smallest absolute Gasteiger partial charge is 0.408 e. The van der Waals surface area contributed by atoms with E-state index in [1.807, 2.05) is 30.3 Å². The summed E-state index contributed by atoms with van der Waals surface area (Å²) in [5.74, 6) is -1.11. The van der Waals surface area contributed by atoms with E-state index in [2.05, 4.69) is 17.4 Å². The monoisotopic (exact) mass is 449 g/mol. The van der Waals surface area contributed by atoms with Gasteiger partial charge in [-0.1, -0.05) is 42.5 Å². The van der Waals surface area contributed by atoms with Crippen molar-refractivity contribution < 1.29 is 28.6 Å². The third kappa shape index (κ3) is 5.31. The number of carboxylic acid groups (broad SMARTS) is 1. The number of halogens is 1. The molecule has 6 nitrogen and oxygen atoms in total. The molecule has 2 N–H and O–H groups in total. The lowest BCUT2D eigenvalue weighted by Gasteiger charge is -2.16. The average Bonchev–Trinajstić information content (AvgIpc) is 3.16. The highest BCUT2D eigenvalue weighted by Crippen LogP contribution is 2.36. The quantitative estimate of drug-likeness (QED) is 0.402. The first kappa shape index (κ1) is 22.3. The molecular weight excluding hydrogens is 425 g/mol. The van der Waals surface area contributed by atoms with Crippen molar-refractivity contribution in [3.63, 3.8) is 0 Å². The lowest BCUT2D eigenvalue weighted by Crippen LogP contribution is -2.42. The minimum absolute atomic E-state index is 0.0261. The van der Waals surface area contributed by atoms with Crippen LogP contribution in [0.5, 0.6) is 5.75 Å². The van der Waals surface area contributed by atoms with Crippen LogP contribution < -0.4 is 10.1 Å². The largest absolute Gasteiger partial charge is 0.493 e. The summed E-state index contributed by atoms with van der Waals surface area (Å²) in [6.45, 7) is 1.77. The fourth-order valence-corrected chi connectivity index (χ4v) is 3.94. The molecule has 170 valence electrons. The molecule has 0 fully saturated rings. The maximum atomic E-state index is 13.2. The van der Waals surface area contributed by atoms with E-state index in [4.69, 9.17) is 9.47 Å². The molecule has 1 aliphatic carbocycles. The maximum absolute atomic E-state index is 13.2. The van der Waals surface area contributed by atoms with E-state index >= 15 is 0 Å². The van der Waals surface area contributed by atoms with Crippen LogP contribution in [0, 0.1) is 12.7 Å². The average molecular weight is 449 g/mol. The van der Waals surface area contributed by atoms with Crippen LogP contribution >= 0.6 is 0 Å². The number of aliphatic carboxylic acids is 1. The Balaban J connectivity index is 1.28. The molecule has 0 saturated heterocycles. The summed E-state index contributed by atoms with van der Waals surface area (Å²) in [6.07, 6.45) is 0.0440. The molecule has 1 aliphatic rings. The molecule has 3 aromatic rings. The Bertz CT molecular complexity index is 1190. The second-order valence-corrected chi connectivity index (χ2v) is 7.98. The number of amides is 1. The minimum atomic E-state index is -1.19. The Labute approximate surface area is 191 Å². The lowest BCUT2D eigenvalue weighted by molar-refractivity contribution is -0.139. The maximum Gasteiger partial charge on any atom is 0.408 e. The van der Waals surface area contributed by atoms with Crippen LogP contribution in [0.15, 0.2) is 60.7 Å².